The average molecular weight is 287 g/mol. The van der Waals surface area contributed by atoms with Crippen molar-refractivity contribution in [3.8, 4) is 0 Å². The molecule has 0 aliphatic carbocycles. The van der Waals surface area contributed by atoms with Gasteiger partial charge in [-0.3, -0.25) is 4.79 Å². The summed E-state index contributed by atoms with van der Waals surface area (Å²) in [5.41, 5.74) is 1.59. The molecule has 1 aromatic carbocycles. The summed E-state index contributed by atoms with van der Waals surface area (Å²) in [5, 5.41) is 9.40. The van der Waals surface area contributed by atoms with E-state index in [9.17, 15) is 14.7 Å². The number of carbonyl (C=O) groups excluding carboxylic acids is 1. The van der Waals surface area contributed by atoms with Gasteiger partial charge in [-0.05, 0) is 25.5 Å². The molecule has 3 rings (SSSR count). The summed E-state index contributed by atoms with van der Waals surface area (Å²) in [6, 6.07) is 5.19. The second kappa shape index (κ2) is 4.87. The number of fused-ring (bicyclic) bond motifs is 1. The number of piperidine rings is 1. The van der Waals surface area contributed by atoms with Gasteiger partial charge in [0.05, 0.1) is 22.6 Å². The van der Waals surface area contributed by atoms with E-state index in [4.69, 9.17) is 0 Å². The molecule has 1 N–H and O–H groups in total. The molecule has 1 fully saturated rings. The highest BCUT2D eigenvalue weighted by Crippen LogP contribution is 2.29. The Labute approximate surface area is 122 Å². The fourth-order valence-electron chi connectivity index (χ4n) is 3.09. The maximum atomic E-state index is 11.6. The van der Waals surface area contributed by atoms with Crippen molar-refractivity contribution in [1.29, 1.82) is 0 Å². The minimum atomic E-state index is -0.956. The van der Waals surface area contributed by atoms with Crippen molar-refractivity contribution in [2.24, 2.45) is 0 Å². The molecule has 1 aliphatic heterocycles. The number of rotatable bonds is 2. The third-order valence-corrected chi connectivity index (χ3v) is 4.08. The number of likely N-dealkylation sites (tertiary alicyclic amines) is 1. The van der Waals surface area contributed by atoms with Gasteiger partial charge in [0.2, 0.25) is 5.91 Å². The lowest BCUT2D eigenvalue weighted by Crippen LogP contribution is -2.38. The number of carboxylic acids is 1. The Morgan fingerprint density at radius 1 is 1.43 bits per heavy atom. The quantitative estimate of drug-likeness (QED) is 0.914. The summed E-state index contributed by atoms with van der Waals surface area (Å²) in [6.07, 6.45) is 1.19. The lowest BCUT2D eigenvalue weighted by Gasteiger charge is -2.31. The van der Waals surface area contributed by atoms with Crippen molar-refractivity contribution in [2.45, 2.75) is 25.8 Å². The first-order valence-corrected chi connectivity index (χ1v) is 6.94. The molecule has 1 saturated heterocycles. The summed E-state index contributed by atoms with van der Waals surface area (Å²) in [7, 11) is 1.78. The maximum absolute atomic E-state index is 11.6. The van der Waals surface area contributed by atoms with Crippen LogP contribution in [-0.2, 0) is 4.79 Å². The number of aromatic nitrogens is 2. The minimum absolute atomic E-state index is 0.0678. The molecule has 110 valence electrons. The van der Waals surface area contributed by atoms with Crippen molar-refractivity contribution >= 4 is 22.9 Å². The summed E-state index contributed by atoms with van der Waals surface area (Å²) in [6.45, 7) is 2.46. The Bertz CT molecular complexity index is 735. The fourth-order valence-corrected chi connectivity index (χ4v) is 3.09. The van der Waals surface area contributed by atoms with Crippen molar-refractivity contribution in [3.63, 3.8) is 0 Å². The van der Waals surface area contributed by atoms with E-state index < -0.39 is 5.97 Å². The number of benzene rings is 1. The Hall–Kier alpha value is -2.37. The van der Waals surface area contributed by atoms with Crippen LogP contribution in [0.1, 0.15) is 35.1 Å². The van der Waals surface area contributed by atoms with E-state index >= 15 is 0 Å². The van der Waals surface area contributed by atoms with Crippen molar-refractivity contribution < 1.29 is 14.7 Å². The van der Waals surface area contributed by atoms with Crippen LogP contribution in [0.25, 0.3) is 11.0 Å². The second-order valence-corrected chi connectivity index (χ2v) is 5.47. The van der Waals surface area contributed by atoms with Gasteiger partial charge in [0.25, 0.3) is 0 Å². The number of imidazole rings is 1. The van der Waals surface area contributed by atoms with E-state index in [0.717, 1.165) is 5.82 Å². The monoisotopic (exact) mass is 287 g/mol. The molecule has 1 amide bonds. The standard InChI is InChI=1S/C15H17N3O3/c1-9-16-12-5-3-4-11(15(20)21)14(12)18(9)10-6-7-13(19)17(2)8-10/h3-5,10H,6-8H2,1-2H3,(H,20,21). The minimum Gasteiger partial charge on any atom is -0.478 e. The molecule has 6 nitrogen and oxygen atoms in total. The predicted octanol–water partition coefficient (Wildman–Crippen LogP) is 1.84. The zero-order valence-corrected chi connectivity index (χ0v) is 12.0. The molecule has 2 heterocycles. The van der Waals surface area contributed by atoms with Gasteiger partial charge >= 0.3 is 5.97 Å². The highest BCUT2D eigenvalue weighted by Gasteiger charge is 2.27. The van der Waals surface area contributed by atoms with E-state index in [1.165, 1.54) is 0 Å². The molecule has 1 aromatic heterocycles. The Morgan fingerprint density at radius 3 is 2.86 bits per heavy atom. The topological polar surface area (TPSA) is 75.4 Å². The molecule has 0 bridgehead atoms. The highest BCUT2D eigenvalue weighted by atomic mass is 16.4. The van der Waals surface area contributed by atoms with Crippen LogP contribution in [0.5, 0.6) is 0 Å². The maximum Gasteiger partial charge on any atom is 0.337 e. The van der Waals surface area contributed by atoms with Gasteiger partial charge in [-0.2, -0.15) is 0 Å². The zero-order valence-electron chi connectivity index (χ0n) is 12.0. The first kappa shape index (κ1) is 13.6. The first-order valence-electron chi connectivity index (χ1n) is 6.94. The Kier molecular flexibility index (Phi) is 3.16. The van der Waals surface area contributed by atoms with E-state index in [-0.39, 0.29) is 17.5 Å². The molecular weight excluding hydrogens is 270 g/mol. The Morgan fingerprint density at radius 2 is 2.19 bits per heavy atom. The number of para-hydroxylation sites is 1. The van der Waals surface area contributed by atoms with Crippen molar-refractivity contribution in [1.82, 2.24) is 14.5 Å². The normalized spacial score (nSPS) is 19.2. The van der Waals surface area contributed by atoms with Gasteiger partial charge < -0.3 is 14.6 Å². The van der Waals surface area contributed by atoms with Gasteiger partial charge in [0.1, 0.15) is 5.82 Å². The number of amides is 1. The summed E-state index contributed by atoms with van der Waals surface area (Å²) in [5.74, 6) is -0.0415. The van der Waals surface area contributed by atoms with Gasteiger partial charge in [0, 0.05) is 20.0 Å². The fraction of sp³-hybridized carbons (Fsp3) is 0.400. The number of aryl methyl sites for hydroxylation is 1. The molecular formula is C15H17N3O3. The SMILES string of the molecule is Cc1nc2cccc(C(=O)O)c2n1C1CCC(=O)N(C)C1. The van der Waals surface area contributed by atoms with E-state index in [0.29, 0.717) is 30.4 Å². The van der Waals surface area contributed by atoms with E-state index in [1.54, 1.807) is 24.1 Å². The number of hydrogen-bond acceptors (Lipinski definition) is 3. The largest absolute Gasteiger partial charge is 0.478 e. The summed E-state index contributed by atoms with van der Waals surface area (Å²) >= 11 is 0. The molecule has 6 heteroatoms. The van der Waals surface area contributed by atoms with Crippen LogP contribution in [0, 0.1) is 6.92 Å². The third-order valence-electron chi connectivity index (χ3n) is 4.08. The first-order chi connectivity index (χ1) is 9.99. The van der Waals surface area contributed by atoms with Crippen LogP contribution in [-0.4, -0.2) is 45.0 Å². The number of aromatic carboxylic acids is 1. The molecule has 0 saturated carbocycles. The zero-order chi connectivity index (χ0) is 15.1. The van der Waals surface area contributed by atoms with Crippen LogP contribution in [0.2, 0.25) is 0 Å². The van der Waals surface area contributed by atoms with Crippen LogP contribution >= 0.6 is 0 Å². The molecule has 21 heavy (non-hydrogen) atoms. The number of carboxylic acid groups (broad SMARTS) is 1. The van der Waals surface area contributed by atoms with Gasteiger partial charge in [-0.1, -0.05) is 6.07 Å². The van der Waals surface area contributed by atoms with E-state index in [1.807, 2.05) is 17.6 Å². The van der Waals surface area contributed by atoms with Gasteiger partial charge in [-0.25, -0.2) is 9.78 Å². The smallest absolute Gasteiger partial charge is 0.337 e. The summed E-state index contributed by atoms with van der Waals surface area (Å²) < 4.78 is 1.97. The Balaban J connectivity index is 2.16. The molecule has 1 atom stereocenters. The predicted molar refractivity (Wildman–Crippen MR) is 77.3 cm³/mol. The molecule has 2 aromatic rings. The van der Waals surface area contributed by atoms with Crippen LogP contribution in [0.4, 0.5) is 0 Å². The van der Waals surface area contributed by atoms with E-state index in [2.05, 4.69) is 4.98 Å². The second-order valence-electron chi connectivity index (χ2n) is 5.47. The lowest BCUT2D eigenvalue weighted by atomic mass is 10.0. The number of likely N-dealkylation sites (N-methyl/N-ethyl adjacent to an activating group) is 1. The average Bonchev–Trinajstić information content (AvgIpc) is 2.77. The molecule has 0 spiro atoms. The molecule has 1 aliphatic rings. The van der Waals surface area contributed by atoms with Gasteiger partial charge in [0.15, 0.2) is 0 Å². The number of nitrogens with zero attached hydrogens (tertiary/aromatic N) is 3. The van der Waals surface area contributed by atoms with Gasteiger partial charge in [-0.15, -0.1) is 0 Å². The highest BCUT2D eigenvalue weighted by molar-refractivity contribution is 6.01. The number of carbonyl (C=O) groups is 2. The molecule has 0 radical (unpaired) electrons. The van der Waals surface area contributed by atoms with Crippen molar-refractivity contribution in [2.75, 3.05) is 13.6 Å². The molecule has 1 unspecified atom stereocenters. The third kappa shape index (κ3) is 2.16. The lowest BCUT2D eigenvalue weighted by molar-refractivity contribution is -0.132. The summed E-state index contributed by atoms with van der Waals surface area (Å²) in [4.78, 5) is 29.3. The van der Waals surface area contributed by atoms with Crippen LogP contribution < -0.4 is 0 Å². The number of hydrogen-bond donors (Lipinski definition) is 1. The van der Waals surface area contributed by atoms with Crippen molar-refractivity contribution in [3.05, 3.63) is 29.6 Å². The van der Waals surface area contributed by atoms with Crippen LogP contribution in [0.3, 0.4) is 0 Å². The van der Waals surface area contributed by atoms with Crippen LogP contribution in [0.15, 0.2) is 18.2 Å².